The summed E-state index contributed by atoms with van der Waals surface area (Å²) in [7, 11) is 1.87. The molecular formula is C18H16ClN3O2. The van der Waals surface area contributed by atoms with Gasteiger partial charge in [-0.1, -0.05) is 12.1 Å². The molecule has 1 aliphatic heterocycles. The molecular weight excluding hydrogens is 326 g/mol. The molecule has 0 atom stereocenters. The summed E-state index contributed by atoms with van der Waals surface area (Å²) in [4.78, 5) is 22.9. The van der Waals surface area contributed by atoms with Gasteiger partial charge in [-0.25, -0.2) is 4.98 Å². The van der Waals surface area contributed by atoms with E-state index in [1.165, 1.54) is 0 Å². The molecule has 122 valence electrons. The van der Waals surface area contributed by atoms with Crippen LogP contribution in [0, 0.1) is 0 Å². The molecule has 2 aliphatic carbocycles. The van der Waals surface area contributed by atoms with Crippen molar-refractivity contribution in [3.8, 4) is 11.6 Å². The number of fused-ring (bicyclic) bond motifs is 2. The SMILES string of the molecule is CN1C(=O)c2c(Oc3nc(Cl)ncc3C3CC3)cccc2C12CC2. The van der Waals surface area contributed by atoms with Crippen LogP contribution in [0.25, 0.3) is 0 Å². The minimum absolute atomic E-state index is 0.0197. The fourth-order valence-electron chi connectivity index (χ4n) is 3.71. The molecule has 2 fully saturated rings. The molecule has 0 unspecified atom stereocenters. The van der Waals surface area contributed by atoms with Crippen LogP contribution in [0.5, 0.6) is 11.6 Å². The highest BCUT2D eigenvalue weighted by molar-refractivity contribution is 6.28. The zero-order valence-electron chi connectivity index (χ0n) is 13.3. The Morgan fingerprint density at radius 1 is 1.33 bits per heavy atom. The number of carbonyl (C=O) groups is 1. The number of halogens is 1. The first kappa shape index (κ1) is 14.2. The van der Waals surface area contributed by atoms with E-state index >= 15 is 0 Å². The average Bonchev–Trinajstić information content (AvgIpc) is 3.46. The third-order valence-corrected chi connectivity index (χ3v) is 5.57. The van der Waals surface area contributed by atoms with Crippen LogP contribution in [0.1, 0.15) is 53.1 Å². The minimum Gasteiger partial charge on any atom is -0.438 e. The highest BCUT2D eigenvalue weighted by Gasteiger charge is 2.57. The van der Waals surface area contributed by atoms with Gasteiger partial charge in [0.15, 0.2) is 0 Å². The number of amides is 1. The minimum atomic E-state index is -0.117. The van der Waals surface area contributed by atoms with Crippen LogP contribution in [0.15, 0.2) is 24.4 Å². The lowest BCUT2D eigenvalue weighted by atomic mass is 10.0. The van der Waals surface area contributed by atoms with Gasteiger partial charge in [-0.15, -0.1) is 0 Å². The first-order valence-electron chi connectivity index (χ1n) is 8.22. The lowest BCUT2D eigenvalue weighted by Crippen LogP contribution is -2.28. The Kier molecular flexibility index (Phi) is 2.78. The van der Waals surface area contributed by atoms with Crippen molar-refractivity contribution < 1.29 is 9.53 Å². The van der Waals surface area contributed by atoms with E-state index in [0.717, 1.165) is 36.8 Å². The van der Waals surface area contributed by atoms with Gasteiger partial charge in [-0.05, 0) is 54.8 Å². The van der Waals surface area contributed by atoms with Gasteiger partial charge in [-0.2, -0.15) is 4.98 Å². The molecule has 2 saturated carbocycles. The molecule has 24 heavy (non-hydrogen) atoms. The topological polar surface area (TPSA) is 55.3 Å². The van der Waals surface area contributed by atoms with Crippen LogP contribution < -0.4 is 4.74 Å². The largest absolute Gasteiger partial charge is 0.438 e. The number of hydrogen-bond donors (Lipinski definition) is 0. The third kappa shape index (κ3) is 1.91. The molecule has 0 N–H and O–H groups in total. The Hall–Kier alpha value is -2.14. The zero-order chi connectivity index (χ0) is 16.5. The molecule has 0 radical (unpaired) electrons. The molecule has 2 aromatic rings. The molecule has 5 nitrogen and oxygen atoms in total. The maximum absolute atomic E-state index is 12.7. The van der Waals surface area contributed by atoms with E-state index in [0.29, 0.717) is 23.1 Å². The summed E-state index contributed by atoms with van der Waals surface area (Å²) in [5.74, 6) is 1.48. The summed E-state index contributed by atoms with van der Waals surface area (Å²) in [5.41, 5.74) is 2.58. The summed E-state index contributed by atoms with van der Waals surface area (Å²) in [6.07, 6.45) is 5.98. The van der Waals surface area contributed by atoms with Crippen molar-refractivity contribution in [1.82, 2.24) is 14.9 Å². The second kappa shape index (κ2) is 4.70. The molecule has 6 heteroatoms. The number of rotatable bonds is 3. The summed E-state index contributed by atoms with van der Waals surface area (Å²) in [6, 6.07) is 5.81. The van der Waals surface area contributed by atoms with E-state index in [1.807, 2.05) is 30.1 Å². The van der Waals surface area contributed by atoms with Crippen LogP contribution in [-0.4, -0.2) is 27.8 Å². The highest BCUT2D eigenvalue weighted by atomic mass is 35.5. The van der Waals surface area contributed by atoms with Crippen LogP contribution in [-0.2, 0) is 5.54 Å². The summed E-state index contributed by atoms with van der Waals surface area (Å²) in [5, 5.41) is 0.157. The predicted octanol–water partition coefficient (Wildman–Crippen LogP) is 3.87. The van der Waals surface area contributed by atoms with Gasteiger partial charge >= 0.3 is 0 Å². The fraction of sp³-hybridized carbons (Fsp3) is 0.389. The monoisotopic (exact) mass is 341 g/mol. The van der Waals surface area contributed by atoms with Gasteiger partial charge in [0, 0.05) is 18.8 Å². The van der Waals surface area contributed by atoms with Crippen molar-refractivity contribution >= 4 is 17.5 Å². The summed E-state index contributed by atoms with van der Waals surface area (Å²) >= 11 is 5.96. The Bertz CT molecular complexity index is 875. The van der Waals surface area contributed by atoms with Gasteiger partial charge in [0.25, 0.3) is 5.91 Å². The van der Waals surface area contributed by atoms with Crippen molar-refractivity contribution in [3.05, 3.63) is 46.4 Å². The predicted molar refractivity (Wildman–Crippen MR) is 88.5 cm³/mol. The van der Waals surface area contributed by atoms with Crippen LogP contribution in [0.2, 0.25) is 5.28 Å². The van der Waals surface area contributed by atoms with Crippen molar-refractivity contribution in [1.29, 1.82) is 0 Å². The lowest BCUT2D eigenvalue weighted by molar-refractivity contribution is 0.0753. The first-order valence-corrected chi connectivity index (χ1v) is 8.60. The smallest absolute Gasteiger partial charge is 0.258 e. The van der Waals surface area contributed by atoms with Crippen LogP contribution in [0.4, 0.5) is 0 Å². The molecule has 1 aromatic carbocycles. The third-order valence-electron chi connectivity index (χ3n) is 5.39. The second-order valence-electron chi connectivity index (χ2n) is 6.85. The van der Waals surface area contributed by atoms with E-state index in [-0.39, 0.29) is 16.7 Å². The number of nitrogens with zero attached hydrogens (tertiary/aromatic N) is 3. The van der Waals surface area contributed by atoms with Crippen molar-refractivity contribution in [3.63, 3.8) is 0 Å². The van der Waals surface area contributed by atoms with E-state index in [2.05, 4.69) is 9.97 Å². The maximum Gasteiger partial charge on any atom is 0.258 e. The Labute approximate surface area is 144 Å². The highest BCUT2D eigenvalue weighted by Crippen LogP contribution is 2.57. The Morgan fingerprint density at radius 2 is 2.12 bits per heavy atom. The molecule has 5 rings (SSSR count). The van der Waals surface area contributed by atoms with Crippen molar-refractivity contribution in [2.75, 3.05) is 7.05 Å². The summed E-state index contributed by atoms with van der Waals surface area (Å²) in [6.45, 7) is 0. The molecule has 0 saturated heterocycles. The number of aromatic nitrogens is 2. The molecule has 1 aromatic heterocycles. The molecule has 3 aliphatic rings. The van der Waals surface area contributed by atoms with Crippen molar-refractivity contribution in [2.24, 2.45) is 0 Å². The summed E-state index contributed by atoms with van der Waals surface area (Å²) < 4.78 is 6.09. The van der Waals surface area contributed by atoms with E-state index in [9.17, 15) is 4.79 Å². The average molecular weight is 342 g/mol. The van der Waals surface area contributed by atoms with Crippen LogP contribution in [0.3, 0.4) is 0 Å². The molecule has 1 amide bonds. The number of ether oxygens (including phenoxy) is 1. The maximum atomic E-state index is 12.7. The van der Waals surface area contributed by atoms with Crippen LogP contribution >= 0.6 is 11.6 Å². The molecule has 1 spiro atoms. The number of hydrogen-bond acceptors (Lipinski definition) is 4. The Balaban J connectivity index is 1.60. The molecule has 2 heterocycles. The number of carbonyl (C=O) groups excluding carboxylic acids is 1. The Morgan fingerprint density at radius 3 is 2.83 bits per heavy atom. The van der Waals surface area contributed by atoms with Gasteiger partial charge in [0.05, 0.1) is 11.1 Å². The van der Waals surface area contributed by atoms with Gasteiger partial charge < -0.3 is 9.64 Å². The van der Waals surface area contributed by atoms with E-state index < -0.39 is 0 Å². The van der Waals surface area contributed by atoms with Gasteiger partial charge in [-0.3, -0.25) is 4.79 Å². The van der Waals surface area contributed by atoms with Gasteiger partial charge in [0.1, 0.15) is 5.75 Å². The van der Waals surface area contributed by atoms with Gasteiger partial charge in [0.2, 0.25) is 11.2 Å². The van der Waals surface area contributed by atoms with E-state index in [1.54, 1.807) is 6.20 Å². The standard InChI is InChI=1S/C18H16ClN3O2/c1-22-16(23)14-12(18(22)7-8-18)3-2-4-13(14)24-15-11(10-5-6-10)9-20-17(19)21-15/h2-4,9-10H,5-8H2,1H3. The molecule has 0 bridgehead atoms. The quantitative estimate of drug-likeness (QED) is 0.795. The first-order chi connectivity index (χ1) is 11.6. The zero-order valence-corrected chi connectivity index (χ0v) is 14.0. The lowest BCUT2D eigenvalue weighted by Gasteiger charge is -2.18. The van der Waals surface area contributed by atoms with E-state index in [4.69, 9.17) is 16.3 Å². The second-order valence-corrected chi connectivity index (χ2v) is 7.19. The fourth-order valence-corrected chi connectivity index (χ4v) is 3.83. The normalized spacial score (nSPS) is 20.4. The number of benzene rings is 1. The van der Waals surface area contributed by atoms with Crippen molar-refractivity contribution in [2.45, 2.75) is 37.1 Å².